The summed E-state index contributed by atoms with van der Waals surface area (Å²) in [4.78, 5) is 30.1. The van der Waals surface area contributed by atoms with E-state index in [1.807, 2.05) is 0 Å². The molecule has 1 aliphatic heterocycles. The van der Waals surface area contributed by atoms with E-state index in [0.29, 0.717) is 11.2 Å². The predicted molar refractivity (Wildman–Crippen MR) is 80.7 cm³/mol. The molecule has 1 fully saturated rings. The number of nitrogens with two attached hydrogens (primary N) is 1. The van der Waals surface area contributed by atoms with Crippen LogP contribution in [0, 0.1) is 0 Å². The number of aliphatic hydroxyl groups excluding tert-OH is 1. The first-order valence-corrected chi connectivity index (χ1v) is 8.11. The number of aromatic nitrogens is 4. The van der Waals surface area contributed by atoms with Crippen molar-refractivity contribution in [3.05, 3.63) is 25.3 Å². The lowest BCUT2D eigenvalue weighted by molar-refractivity contribution is -0.200. The maximum atomic E-state index is 10.3. The Hall–Kier alpha value is -1.68. The molecule has 23 heavy (non-hydrogen) atoms. The van der Waals surface area contributed by atoms with Crippen molar-refractivity contribution in [3.63, 3.8) is 0 Å². The zero-order valence-corrected chi connectivity index (χ0v) is 12.9. The second kappa shape index (κ2) is 6.08. The second-order valence-corrected chi connectivity index (χ2v) is 6.03. The molecule has 0 aromatic carbocycles. The van der Waals surface area contributed by atoms with Crippen LogP contribution in [-0.4, -0.2) is 52.7 Å². The van der Waals surface area contributed by atoms with Crippen LogP contribution >= 0.6 is 8.38 Å². The van der Waals surface area contributed by atoms with Crippen LogP contribution in [0.1, 0.15) is 12.6 Å². The number of anilines is 1. The molecule has 2 aromatic heterocycles. The zero-order chi connectivity index (χ0) is 16.6. The summed E-state index contributed by atoms with van der Waals surface area (Å²) in [6.45, 7) is 3.63. The summed E-state index contributed by atoms with van der Waals surface area (Å²) in [5.41, 5.74) is 6.55. The van der Waals surface area contributed by atoms with Crippen LogP contribution in [0.25, 0.3) is 11.2 Å². The van der Waals surface area contributed by atoms with Crippen LogP contribution in [0.3, 0.4) is 0 Å². The zero-order valence-electron chi connectivity index (χ0n) is 12.0. The Morgan fingerprint density at radius 2 is 2.30 bits per heavy atom. The van der Waals surface area contributed by atoms with Crippen LogP contribution in [0.2, 0.25) is 0 Å². The van der Waals surface area contributed by atoms with Crippen molar-refractivity contribution in [2.24, 2.45) is 0 Å². The van der Waals surface area contributed by atoms with Crippen molar-refractivity contribution >= 4 is 25.4 Å². The van der Waals surface area contributed by atoms with Crippen molar-refractivity contribution in [2.45, 2.75) is 24.5 Å². The molecule has 0 aliphatic carbocycles. The van der Waals surface area contributed by atoms with Crippen LogP contribution in [0.15, 0.2) is 25.3 Å². The minimum absolute atomic E-state index is 0.0740. The number of ether oxygens (including phenoxy) is 2. The molecule has 3 atom stereocenters. The second-order valence-electron chi connectivity index (χ2n) is 5.02. The Bertz CT molecular complexity index is 725. The van der Waals surface area contributed by atoms with E-state index < -0.39 is 26.5 Å². The molecular formula is C12H16N5O5P. The lowest BCUT2D eigenvalue weighted by atomic mass is 10.1. The molecule has 2 aromatic rings. The van der Waals surface area contributed by atoms with E-state index in [-0.39, 0.29) is 18.6 Å². The van der Waals surface area contributed by atoms with Gasteiger partial charge in [0.15, 0.2) is 31.9 Å². The van der Waals surface area contributed by atoms with Crippen molar-refractivity contribution in [1.82, 2.24) is 19.5 Å². The van der Waals surface area contributed by atoms with E-state index in [1.54, 1.807) is 0 Å². The highest BCUT2D eigenvalue weighted by molar-refractivity contribution is 7.44. The topological polar surface area (TPSA) is 149 Å². The molecule has 11 heteroatoms. The van der Waals surface area contributed by atoms with E-state index in [9.17, 15) is 5.11 Å². The van der Waals surface area contributed by atoms with Crippen LogP contribution in [0.5, 0.6) is 0 Å². The van der Waals surface area contributed by atoms with E-state index >= 15 is 0 Å². The highest BCUT2D eigenvalue weighted by Gasteiger charge is 2.46. The van der Waals surface area contributed by atoms with Crippen LogP contribution in [0.4, 0.5) is 5.82 Å². The third kappa shape index (κ3) is 2.92. The molecule has 1 saturated heterocycles. The van der Waals surface area contributed by atoms with Crippen molar-refractivity contribution < 1.29 is 24.4 Å². The number of nitrogen functional groups attached to an aromatic ring is 1. The number of imidazole rings is 1. The van der Waals surface area contributed by atoms with E-state index in [0.717, 1.165) is 0 Å². The smallest absolute Gasteiger partial charge is 0.193 e. The van der Waals surface area contributed by atoms with Gasteiger partial charge in [-0.05, 0) is 6.08 Å². The molecule has 3 rings (SSSR count). The molecule has 0 radical (unpaired) electrons. The number of nitrogens with zero attached hydrogens (tertiary/aromatic N) is 4. The largest absolute Gasteiger partial charge is 0.388 e. The Labute approximate surface area is 132 Å². The van der Waals surface area contributed by atoms with Crippen molar-refractivity contribution in [1.29, 1.82) is 0 Å². The highest BCUT2D eigenvalue weighted by Crippen LogP contribution is 2.41. The summed E-state index contributed by atoms with van der Waals surface area (Å²) in [7, 11) is -2.25. The Balaban J connectivity index is 1.91. The Kier molecular flexibility index (Phi) is 4.28. The normalized spacial score (nSPS) is 27.8. The average Bonchev–Trinajstić information content (AvgIpc) is 3.08. The van der Waals surface area contributed by atoms with Gasteiger partial charge in [0.05, 0.1) is 6.33 Å². The molecule has 0 bridgehead atoms. The summed E-state index contributed by atoms with van der Waals surface area (Å²) in [6.07, 6.45) is 2.08. The van der Waals surface area contributed by atoms with Gasteiger partial charge < -0.3 is 30.1 Å². The van der Waals surface area contributed by atoms with Crippen LogP contribution in [-0.2, 0) is 9.47 Å². The number of rotatable bonds is 5. The average molecular weight is 341 g/mol. The van der Waals surface area contributed by atoms with Gasteiger partial charge in [0.1, 0.15) is 24.3 Å². The van der Waals surface area contributed by atoms with Gasteiger partial charge in [0, 0.05) is 6.42 Å². The van der Waals surface area contributed by atoms with Crippen molar-refractivity contribution in [3.8, 4) is 0 Å². The van der Waals surface area contributed by atoms with E-state index in [4.69, 9.17) is 25.0 Å². The SMILES string of the molecule is C=CC1(OCP(O)O)CC(O)C(n2cnc3c(N)ncnc32)O1. The predicted octanol–water partition coefficient (Wildman–Crippen LogP) is -0.159. The van der Waals surface area contributed by atoms with E-state index in [2.05, 4.69) is 21.5 Å². The summed E-state index contributed by atoms with van der Waals surface area (Å²) in [5, 5.41) is 10.3. The van der Waals surface area contributed by atoms with Gasteiger partial charge in [-0.3, -0.25) is 4.57 Å². The number of hydrogen-bond donors (Lipinski definition) is 4. The molecule has 10 nitrogen and oxygen atoms in total. The fraction of sp³-hybridized carbons (Fsp3) is 0.417. The van der Waals surface area contributed by atoms with E-state index in [1.165, 1.54) is 23.3 Å². The summed E-state index contributed by atoms with van der Waals surface area (Å²) < 4.78 is 12.7. The Morgan fingerprint density at radius 3 is 3.00 bits per heavy atom. The lowest BCUT2D eigenvalue weighted by Crippen LogP contribution is -2.30. The molecule has 1 aliphatic rings. The fourth-order valence-electron chi connectivity index (χ4n) is 2.47. The third-order valence-electron chi connectivity index (χ3n) is 3.54. The van der Waals surface area contributed by atoms with Gasteiger partial charge >= 0.3 is 0 Å². The molecule has 3 unspecified atom stereocenters. The molecular weight excluding hydrogens is 325 g/mol. The molecule has 0 spiro atoms. The third-order valence-corrected chi connectivity index (χ3v) is 3.90. The maximum Gasteiger partial charge on any atom is 0.193 e. The number of aliphatic hydroxyl groups is 1. The molecule has 0 saturated carbocycles. The molecule has 0 amide bonds. The van der Waals surface area contributed by atoms with Gasteiger partial charge in [-0.25, -0.2) is 15.0 Å². The highest BCUT2D eigenvalue weighted by atomic mass is 31.2. The van der Waals surface area contributed by atoms with Gasteiger partial charge in [-0.15, -0.1) is 0 Å². The van der Waals surface area contributed by atoms with Crippen LogP contribution < -0.4 is 5.73 Å². The lowest BCUT2D eigenvalue weighted by Gasteiger charge is -2.26. The summed E-state index contributed by atoms with van der Waals surface area (Å²) in [6, 6.07) is 0. The summed E-state index contributed by atoms with van der Waals surface area (Å²) in [5.74, 6) is -1.11. The minimum Gasteiger partial charge on any atom is -0.388 e. The number of fused-ring (bicyclic) bond motifs is 1. The molecule has 3 heterocycles. The quantitative estimate of drug-likeness (QED) is 0.430. The first-order chi connectivity index (χ1) is 11.0. The maximum absolute atomic E-state index is 10.3. The minimum atomic E-state index is -2.25. The Morgan fingerprint density at radius 1 is 1.52 bits per heavy atom. The summed E-state index contributed by atoms with van der Waals surface area (Å²) >= 11 is 0. The van der Waals surface area contributed by atoms with Gasteiger partial charge in [0.2, 0.25) is 0 Å². The van der Waals surface area contributed by atoms with Gasteiger partial charge in [-0.1, -0.05) is 6.58 Å². The van der Waals surface area contributed by atoms with Gasteiger partial charge in [0.25, 0.3) is 0 Å². The number of hydrogen-bond acceptors (Lipinski definition) is 9. The molecule has 124 valence electrons. The monoisotopic (exact) mass is 341 g/mol. The van der Waals surface area contributed by atoms with Gasteiger partial charge in [-0.2, -0.15) is 0 Å². The standard InChI is InChI=1S/C12H16N5O5P/c1-2-12(21-6-23(19)20)3-7(18)11(22-12)17-5-16-8-9(13)14-4-15-10(8)17/h2,4-5,7,11,18-20H,1,3,6H2,(H2,13,14,15). The van der Waals surface area contributed by atoms with Crippen molar-refractivity contribution in [2.75, 3.05) is 12.1 Å². The first kappa shape index (κ1) is 16.2. The fourth-order valence-corrected chi connectivity index (χ4v) is 2.81. The molecule has 5 N–H and O–H groups in total. The first-order valence-electron chi connectivity index (χ1n) is 6.67.